The van der Waals surface area contributed by atoms with E-state index >= 15 is 0 Å². The summed E-state index contributed by atoms with van der Waals surface area (Å²) in [6, 6.07) is 9.53. The van der Waals surface area contributed by atoms with Crippen molar-refractivity contribution < 1.29 is 27.1 Å². The maximum Gasteiger partial charge on any atom is 0.264 e. The average Bonchev–Trinajstić information content (AvgIpc) is 2.78. The van der Waals surface area contributed by atoms with E-state index in [-0.39, 0.29) is 35.2 Å². The lowest BCUT2D eigenvalue weighted by Crippen LogP contribution is -2.44. The molecule has 1 heterocycles. The van der Waals surface area contributed by atoms with Gasteiger partial charge < -0.3 is 19.7 Å². The van der Waals surface area contributed by atoms with Crippen LogP contribution >= 0.6 is 0 Å². The average molecular weight is 480 g/mol. The number of anilines is 1. The number of likely N-dealkylation sites (N-methyl/N-ethyl adjacent to an activating group) is 1. The molecule has 33 heavy (non-hydrogen) atoms. The Hall–Kier alpha value is -2.69. The van der Waals surface area contributed by atoms with Crippen LogP contribution in [0.25, 0.3) is 0 Å². The largest absolute Gasteiger partial charge is 0.491 e. The van der Waals surface area contributed by atoms with Crippen LogP contribution in [-0.2, 0) is 14.8 Å². The van der Waals surface area contributed by atoms with Gasteiger partial charge in [0.2, 0.25) is 0 Å². The van der Waals surface area contributed by atoms with Gasteiger partial charge in [-0.2, -0.15) is 0 Å². The molecular weight excluding hydrogens is 449 g/mol. The molecule has 8 nitrogen and oxygen atoms in total. The third-order valence-corrected chi connectivity index (χ3v) is 7.02. The number of rotatable bonds is 4. The van der Waals surface area contributed by atoms with Crippen LogP contribution in [0.5, 0.6) is 5.75 Å². The quantitative estimate of drug-likeness (QED) is 0.700. The van der Waals surface area contributed by atoms with Crippen molar-refractivity contribution in [3.8, 4) is 5.75 Å². The van der Waals surface area contributed by atoms with E-state index in [1.807, 2.05) is 13.8 Å². The predicted molar refractivity (Wildman–Crippen MR) is 124 cm³/mol. The zero-order valence-electron chi connectivity index (χ0n) is 19.2. The molecule has 2 N–H and O–H groups in total. The number of carbonyl (C=O) groups is 1. The standard InChI is InChI=1S/C23H30FN3O5S/c1-15-12-25-16(2)14-32-20-10-9-17(11-18(20)23(28)27(3)13-21(15)31-4)26-33(29,30)22-8-6-5-7-19(22)24/h5-11,15-16,21,25-26H,12-14H2,1-4H3/t15-,16+,21-/m1/s1. The van der Waals surface area contributed by atoms with Gasteiger partial charge in [-0.15, -0.1) is 0 Å². The smallest absolute Gasteiger partial charge is 0.264 e. The van der Waals surface area contributed by atoms with Gasteiger partial charge >= 0.3 is 0 Å². The van der Waals surface area contributed by atoms with E-state index in [4.69, 9.17) is 9.47 Å². The number of benzene rings is 2. The zero-order valence-corrected chi connectivity index (χ0v) is 20.0. The molecule has 0 unspecified atom stereocenters. The predicted octanol–water partition coefficient (Wildman–Crippen LogP) is 2.72. The van der Waals surface area contributed by atoms with Gasteiger partial charge in [0, 0.05) is 39.0 Å². The molecule has 0 radical (unpaired) electrons. The molecule has 0 bridgehead atoms. The summed E-state index contributed by atoms with van der Waals surface area (Å²) in [6.45, 7) is 5.38. The molecule has 0 saturated heterocycles. The second-order valence-electron chi connectivity index (χ2n) is 8.30. The van der Waals surface area contributed by atoms with Crippen molar-refractivity contribution in [2.75, 3.05) is 38.6 Å². The van der Waals surface area contributed by atoms with Gasteiger partial charge in [-0.25, -0.2) is 12.8 Å². The van der Waals surface area contributed by atoms with Crippen molar-refractivity contribution in [1.82, 2.24) is 10.2 Å². The highest BCUT2D eigenvalue weighted by molar-refractivity contribution is 7.92. The van der Waals surface area contributed by atoms with Crippen LogP contribution in [-0.4, -0.2) is 65.2 Å². The summed E-state index contributed by atoms with van der Waals surface area (Å²) in [4.78, 5) is 14.3. The molecule has 0 fully saturated rings. The number of halogens is 1. The number of nitrogens with one attached hydrogen (secondary N) is 2. The molecule has 1 amide bonds. The highest BCUT2D eigenvalue weighted by Gasteiger charge is 2.26. The summed E-state index contributed by atoms with van der Waals surface area (Å²) in [7, 11) is -0.923. The van der Waals surface area contributed by atoms with E-state index in [1.54, 1.807) is 14.2 Å². The highest BCUT2D eigenvalue weighted by atomic mass is 32.2. The monoisotopic (exact) mass is 479 g/mol. The molecule has 0 spiro atoms. The minimum Gasteiger partial charge on any atom is -0.491 e. The minimum absolute atomic E-state index is 0.0179. The first kappa shape index (κ1) is 24.9. The number of sulfonamides is 1. The first-order valence-corrected chi connectivity index (χ1v) is 12.2. The Morgan fingerprint density at radius 1 is 1.21 bits per heavy atom. The molecular formula is C23H30FN3O5S. The number of ether oxygens (including phenoxy) is 2. The second kappa shape index (κ2) is 10.5. The Labute approximate surface area is 194 Å². The Morgan fingerprint density at radius 3 is 2.64 bits per heavy atom. The lowest BCUT2D eigenvalue weighted by molar-refractivity contribution is 0.0281. The Morgan fingerprint density at radius 2 is 1.94 bits per heavy atom. The first-order valence-electron chi connectivity index (χ1n) is 10.7. The van der Waals surface area contributed by atoms with E-state index in [1.165, 1.54) is 41.3 Å². The molecule has 0 saturated carbocycles. The van der Waals surface area contributed by atoms with E-state index in [9.17, 15) is 17.6 Å². The number of carbonyl (C=O) groups excluding carboxylic acids is 1. The van der Waals surface area contributed by atoms with Crippen molar-refractivity contribution in [3.63, 3.8) is 0 Å². The van der Waals surface area contributed by atoms with Crippen LogP contribution in [0, 0.1) is 11.7 Å². The summed E-state index contributed by atoms with van der Waals surface area (Å²) < 4.78 is 53.3. The lowest BCUT2D eigenvalue weighted by Gasteiger charge is -2.30. The first-order chi connectivity index (χ1) is 15.6. The molecule has 2 aromatic rings. The van der Waals surface area contributed by atoms with Gasteiger partial charge in [-0.3, -0.25) is 9.52 Å². The van der Waals surface area contributed by atoms with Crippen molar-refractivity contribution >= 4 is 21.6 Å². The summed E-state index contributed by atoms with van der Waals surface area (Å²) in [5.41, 5.74) is 0.318. The molecule has 1 aliphatic heterocycles. The Bertz CT molecular complexity index is 1100. The van der Waals surface area contributed by atoms with Crippen LogP contribution in [0.1, 0.15) is 24.2 Å². The number of methoxy groups -OCH3 is 1. The van der Waals surface area contributed by atoms with Crippen molar-refractivity contribution in [3.05, 3.63) is 53.8 Å². The van der Waals surface area contributed by atoms with Crippen LogP contribution < -0.4 is 14.8 Å². The van der Waals surface area contributed by atoms with E-state index in [0.717, 1.165) is 6.07 Å². The van der Waals surface area contributed by atoms with E-state index in [2.05, 4.69) is 10.0 Å². The molecule has 3 atom stereocenters. The van der Waals surface area contributed by atoms with Crippen LogP contribution in [0.4, 0.5) is 10.1 Å². The minimum atomic E-state index is -4.19. The summed E-state index contributed by atoms with van der Waals surface area (Å²) in [5, 5.41) is 3.40. The Kier molecular flexibility index (Phi) is 7.93. The number of hydrogen-bond acceptors (Lipinski definition) is 6. The summed E-state index contributed by atoms with van der Waals surface area (Å²) >= 11 is 0. The summed E-state index contributed by atoms with van der Waals surface area (Å²) in [6.07, 6.45) is -0.190. The lowest BCUT2D eigenvalue weighted by atomic mass is 10.0. The number of nitrogens with zero attached hydrogens (tertiary/aromatic N) is 1. The SMILES string of the molecule is CO[C@@H]1CN(C)C(=O)c2cc(NS(=O)(=O)c3ccccc3F)ccc2OC[C@H](C)NC[C@H]1C. The molecule has 3 rings (SSSR count). The second-order valence-corrected chi connectivity index (χ2v) is 9.96. The number of fused-ring (bicyclic) bond motifs is 1. The molecule has 180 valence electrons. The third-order valence-electron chi connectivity index (χ3n) is 5.60. The van der Waals surface area contributed by atoms with Crippen LogP contribution in [0.3, 0.4) is 0 Å². The normalized spacial score (nSPS) is 22.5. The third kappa shape index (κ3) is 6.01. The Balaban J connectivity index is 1.95. The van der Waals surface area contributed by atoms with Gasteiger partial charge in [-0.05, 0) is 43.2 Å². The fraction of sp³-hybridized carbons (Fsp3) is 0.435. The van der Waals surface area contributed by atoms with E-state index in [0.29, 0.717) is 25.4 Å². The summed E-state index contributed by atoms with van der Waals surface area (Å²) in [5.74, 6) is -0.730. The highest BCUT2D eigenvalue weighted by Crippen LogP contribution is 2.27. The van der Waals surface area contributed by atoms with Gasteiger partial charge in [0.1, 0.15) is 23.1 Å². The molecule has 0 aromatic heterocycles. The van der Waals surface area contributed by atoms with Crippen molar-refractivity contribution in [2.45, 2.75) is 30.9 Å². The van der Waals surface area contributed by atoms with Gasteiger partial charge in [-0.1, -0.05) is 19.1 Å². The zero-order chi connectivity index (χ0) is 24.2. The molecule has 2 aromatic carbocycles. The van der Waals surface area contributed by atoms with Crippen LogP contribution in [0.2, 0.25) is 0 Å². The van der Waals surface area contributed by atoms with Gasteiger partial charge in [0.15, 0.2) is 0 Å². The maximum absolute atomic E-state index is 14.0. The molecule has 1 aliphatic rings. The number of hydrogen-bond donors (Lipinski definition) is 2. The fourth-order valence-electron chi connectivity index (χ4n) is 3.60. The molecule has 10 heteroatoms. The topological polar surface area (TPSA) is 97.0 Å². The van der Waals surface area contributed by atoms with Gasteiger partial charge in [0.25, 0.3) is 15.9 Å². The fourth-order valence-corrected chi connectivity index (χ4v) is 4.73. The van der Waals surface area contributed by atoms with Gasteiger partial charge in [0.05, 0.1) is 11.7 Å². The maximum atomic E-state index is 14.0. The number of amides is 1. The van der Waals surface area contributed by atoms with E-state index < -0.39 is 20.7 Å². The van der Waals surface area contributed by atoms with Crippen molar-refractivity contribution in [1.29, 1.82) is 0 Å². The van der Waals surface area contributed by atoms with Crippen LogP contribution in [0.15, 0.2) is 47.4 Å². The molecule has 0 aliphatic carbocycles. The van der Waals surface area contributed by atoms with Crippen molar-refractivity contribution in [2.24, 2.45) is 5.92 Å².